The van der Waals surface area contributed by atoms with Crippen LogP contribution in [0.3, 0.4) is 0 Å². The number of benzene rings is 2. The minimum absolute atomic E-state index is 0.0869. The summed E-state index contributed by atoms with van der Waals surface area (Å²) in [7, 11) is 0. The number of rotatable bonds is 5. The van der Waals surface area contributed by atoms with Gasteiger partial charge in [-0.15, -0.1) is 0 Å². The van der Waals surface area contributed by atoms with Crippen LogP contribution in [-0.4, -0.2) is 65.7 Å². The predicted octanol–water partition coefficient (Wildman–Crippen LogP) is 9.64. The molecule has 4 fully saturated rings. The lowest BCUT2D eigenvalue weighted by atomic mass is 9.82. The Balaban J connectivity index is 0.961. The maximum absolute atomic E-state index is 13.1. The molecular weight excluding hydrogens is 652 g/mol. The molecule has 0 radical (unpaired) electrons. The molecule has 272 valence electrons. The highest BCUT2D eigenvalue weighted by molar-refractivity contribution is 5.80. The molecule has 52 heavy (non-hydrogen) atoms. The molecule has 2 aromatic heterocycles. The SMILES string of the molecule is CC(C)(C)OC(=O)N1C(c2ncc(-c3ccc(-c4ccc(-c5cnc([C@@H]6CCCN6C(=O)OC(C)(C)C)[nH]5)c5c4C4CCC5C4)cc3)[nH]2)CC2CC21. The van der Waals surface area contributed by atoms with Crippen molar-refractivity contribution in [1.29, 1.82) is 0 Å². The van der Waals surface area contributed by atoms with Gasteiger partial charge in [-0.1, -0.05) is 36.4 Å². The zero-order valence-corrected chi connectivity index (χ0v) is 31.2. The summed E-state index contributed by atoms with van der Waals surface area (Å²) in [6.45, 7) is 12.1. The van der Waals surface area contributed by atoms with Crippen LogP contribution in [0.4, 0.5) is 9.59 Å². The van der Waals surface area contributed by atoms with Crippen LogP contribution in [0, 0.1) is 5.92 Å². The molecule has 2 N–H and O–H groups in total. The van der Waals surface area contributed by atoms with E-state index in [4.69, 9.17) is 19.4 Å². The molecule has 2 saturated heterocycles. The molecule has 0 spiro atoms. The molecule has 4 aromatic rings. The Morgan fingerprint density at radius 3 is 2.00 bits per heavy atom. The second kappa shape index (κ2) is 12.0. The van der Waals surface area contributed by atoms with Crippen LogP contribution in [0.25, 0.3) is 33.6 Å². The van der Waals surface area contributed by atoms with Crippen LogP contribution in [-0.2, 0) is 9.47 Å². The van der Waals surface area contributed by atoms with Crippen LogP contribution in [0.1, 0.15) is 133 Å². The number of aromatic nitrogens is 4. The fraction of sp³-hybridized carbons (Fsp3) is 0.524. The van der Waals surface area contributed by atoms with Gasteiger partial charge in [0.05, 0.1) is 35.9 Å². The second-order valence-corrected chi connectivity index (χ2v) is 17.7. The van der Waals surface area contributed by atoms with Crippen LogP contribution in [0.2, 0.25) is 0 Å². The van der Waals surface area contributed by atoms with Gasteiger partial charge in [0.15, 0.2) is 0 Å². The number of carbonyl (C=O) groups excluding carboxylic acids is 2. The van der Waals surface area contributed by atoms with E-state index in [9.17, 15) is 9.59 Å². The molecular formula is C42H50N6O4. The lowest BCUT2D eigenvalue weighted by molar-refractivity contribution is 0.0172. The molecule has 2 bridgehead atoms. The van der Waals surface area contributed by atoms with E-state index in [0.29, 0.717) is 24.3 Å². The summed E-state index contributed by atoms with van der Waals surface area (Å²) in [4.78, 5) is 46.7. The number of imidazole rings is 2. The van der Waals surface area contributed by atoms with Crippen LogP contribution < -0.4 is 0 Å². The zero-order chi connectivity index (χ0) is 36.1. The number of nitrogens with one attached hydrogen (secondary N) is 2. The average molecular weight is 703 g/mol. The number of fused-ring (bicyclic) bond motifs is 6. The number of nitrogens with zero attached hydrogens (tertiary/aromatic N) is 4. The van der Waals surface area contributed by atoms with Gasteiger partial charge in [0.25, 0.3) is 0 Å². The first-order valence-electron chi connectivity index (χ1n) is 19.2. The minimum Gasteiger partial charge on any atom is -0.444 e. The predicted molar refractivity (Wildman–Crippen MR) is 199 cm³/mol. The third-order valence-corrected chi connectivity index (χ3v) is 11.7. The number of ether oxygens (including phenoxy) is 2. The quantitative estimate of drug-likeness (QED) is 0.214. The van der Waals surface area contributed by atoms with Crippen molar-refractivity contribution in [3.63, 3.8) is 0 Å². The third kappa shape index (κ3) is 5.88. The smallest absolute Gasteiger partial charge is 0.411 e. The highest BCUT2D eigenvalue weighted by Crippen LogP contribution is 2.58. The van der Waals surface area contributed by atoms with Crippen LogP contribution >= 0.6 is 0 Å². The zero-order valence-electron chi connectivity index (χ0n) is 31.2. The monoisotopic (exact) mass is 702 g/mol. The molecule has 5 aliphatic rings. The summed E-state index contributed by atoms with van der Waals surface area (Å²) >= 11 is 0. The maximum atomic E-state index is 13.1. The fourth-order valence-corrected chi connectivity index (χ4v) is 9.50. The van der Waals surface area contributed by atoms with Gasteiger partial charge in [-0.3, -0.25) is 9.80 Å². The molecule has 2 saturated carbocycles. The van der Waals surface area contributed by atoms with E-state index in [0.717, 1.165) is 54.3 Å². The van der Waals surface area contributed by atoms with E-state index in [-0.39, 0.29) is 30.3 Å². The largest absolute Gasteiger partial charge is 0.444 e. The van der Waals surface area contributed by atoms with Gasteiger partial charge in [0.1, 0.15) is 22.9 Å². The summed E-state index contributed by atoms with van der Waals surface area (Å²) in [6, 6.07) is 13.4. The summed E-state index contributed by atoms with van der Waals surface area (Å²) in [5, 5.41) is 0. The van der Waals surface area contributed by atoms with Crippen molar-refractivity contribution in [3.05, 3.63) is 71.6 Å². The number of hydrogen-bond acceptors (Lipinski definition) is 6. The molecule has 2 aliphatic heterocycles. The summed E-state index contributed by atoms with van der Waals surface area (Å²) < 4.78 is 11.5. The van der Waals surface area contributed by atoms with Gasteiger partial charge in [-0.05, 0) is 132 Å². The Labute approximate surface area is 305 Å². The number of amides is 2. The van der Waals surface area contributed by atoms with Gasteiger partial charge in [0, 0.05) is 18.2 Å². The van der Waals surface area contributed by atoms with E-state index in [1.807, 2.05) is 63.7 Å². The van der Waals surface area contributed by atoms with Crippen LogP contribution in [0.5, 0.6) is 0 Å². The van der Waals surface area contributed by atoms with Crippen LogP contribution in [0.15, 0.2) is 48.8 Å². The Hall–Kier alpha value is -4.60. The van der Waals surface area contributed by atoms with Gasteiger partial charge < -0.3 is 19.4 Å². The van der Waals surface area contributed by atoms with E-state index in [1.165, 1.54) is 47.1 Å². The molecule has 2 aromatic carbocycles. The normalized spacial score (nSPS) is 26.1. The molecule has 2 amide bonds. The molecule has 3 aliphatic carbocycles. The first-order valence-corrected chi connectivity index (χ1v) is 19.2. The van der Waals surface area contributed by atoms with Gasteiger partial charge in [0.2, 0.25) is 0 Å². The number of likely N-dealkylation sites (tertiary alicyclic amines) is 2. The van der Waals surface area contributed by atoms with Crippen molar-refractivity contribution < 1.29 is 19.1 Å². The Kier molecular flexibility index (Phi) is 7.65. The van der Waals surface area contributed by atoms with Gasteiger partial charge in [-0.25, -0.2) is 19.6 Å². The van der Waals surface area contributed by atoms with Crippen molar-refractivity contribution in [2.24, 2.45) is 5.92 Å². The molecule has 9 rings (SSSR count). The standard InChI is InChI=1S/C42H50N6O4/c1-41(2,3)51-39(49)47-17-7-8-32(47)37-44-22-31(46-37)29-16-15-28(35-25-13-14-26(18-25)36(29)35)23-9-11-24(12-10-23)30-21-43-38(45-30)34-20-27-19-33(27)48(34)40(50)52-42(4,5)6/h9-12,15-16,21-22,25-27,32-34H,7-8,13-14,17-20H2,1-6H3,(H,43,45)(H,44,46)/t25?,26?,27?,32-,33?,34?/m0/s1. The Morgan fingerprint density at radius 2 is 1.29 bits per heavy atom. The van der Waals surface area contributed by atoms with Crippen molar-refractivity contribution in [2.45, 2.75) is 128 Å². The van der Waals surface area contributed by atoms with E-state index < -0.39 is 11.2 Å². The Bertz CT molecular complexity index is 2030. The fourth-order valence-electron chi connectivity index (χ4n) is 9.50. The molecule has 5 unspecified atom stereocenters. The maximum Gasteiger partial charge on any atom is 0.411 e. The van der Waals surface area contributed by atoms with Crippen molar-refractivity contribution in [2.75, 3.05) is 6.54 Å². The molecule has 6 atom stereocenters. The van der Waals surface area contributed by atoms with E-state index >= 15 is 0 Å². The first-order chi connectivity index (χ1) is 24.8. The van der Waals surface area contributed by atoms with Crippen molar-refractivity contribution in [1.82, 2.24) is 29.7 Å². The topological polar surface area (TPSA) is 116 Å². The lowest BCUT2D eigenvalue weighted by Crippen LogP contribution is -2.38. The molecule has 10 heteroatoms. The highest BCUT2D eigenvalue weighted by atomic mass is 16.6. The molecule has 4 heterocycles. The molecule has 10 nitrogen and oxygen atoms in total. The number of aromatic amines is 2. The van der Waals surface area contributed by atoms with Gasteiger partial charge >= 0.3 is 12.2 Å². The summed E-state index contributed by atoms with van der Waals surface area (Å²) in [5.41, 5.74) is 8.69. The highest BCUT2D eigenvalue weighted by Gasteiger charge is 2.56. The number of hydrogen-bond donors (Lipinski definition) is 2. The van der Waals surface area contributed by atoms with E-state index in [2.05, 4.69) is 46.4 Å². The number of H-pyrrole nitrogens is 2. The Morgan fingerprint density at radius 1 is 0.692 bits per heavy atom. The number of carbonyl (C=O) groups is 2. The third-order valence-electron chi connectivity index (χ3n) is 11.7. The van der Waals surface area contributed by atoms with E-state index in [1.54, 1.807) is 0 Å². The minimum atomic E-state index is -0.536. The first kappa shape index (κ1) is 33.3. The summed E-state index contributed by atoms with van der Waals surface area (Å²) in [5.74, 6) is 3.31. The van der Waals surface area contributed by atoms with Gasteiger partial charge in [-0.2, -0.15) is 0 Å². The van der Waals surface area contributed by atoms with Crippen molar-refractivity contribution in [3.8, 4) is 33.6 Å². The van der Waals surface area contributed by atoms with Crippen molar-refractivity contribution >= 4 is 12.2 Å². The second-order valence-electron chi connectivity index (χ2n) is 17.7. The average Bonchev–Trinajstić information content (AvgIpc) is 3.82. The lowest BCUT2D eigenvalue weighted by Gasteiger charge is -2.29. The number of piperidine rings is 1. The summed E-state index contributed by atoms with van der Waals surface area (Å²) in [6.07, 6.45) is 10.8.